The highest BCUT2D eigenvalue weighted by Gasteiger charge is 2.25. The molecule has 0 atom stereocenters. The van der Waals surface area contributed by atoms with Crippen LogP contribution in [0.3, 0.4) is 0 Å². The summed E-state index contributed by atoms with van der Waals surface area (Å²) in [4.78, 5) is 31.4. The topological polar surface area (TPSA) is 74.3 Å². The minimum atomic E-state index is -0.402. The molecule has 1 fully saturated rings. The van der Waals surface area contributed by atoms with Crippen LogP contribution < -0.4 is 11.2 Å². The fourth-order valence-electron chi connectivity index (χ4n) is 5.12. The lowest BCUT2D eigenvalue weighted by Crippen LogP contribution is -2.38. The van der Waals surface area contributed by atoms with E-state index >= 15 is 0 Å². The molecule has 0 N–H and O–H groups in total. The van der Waals surface area contributed by atoms with Gasteiger partial charge in [-0.15, -0.1) is 0 Å². The van der Waals surface area contributed by atoms with Crippen molar-refractivity contribution in [2.24, 2.45) is 14.1 Å². The third-order valence-electron chi connectivity index (χ3n) is 7.30. The Labute approximate surface area is 218 Å². The number of piperidine rings is 1. The number of rotatable bonds is 8. The standard InChI is InChI=1S/C28H31F2N5O3/c1-32-26-24(27(36)33(2)28(32)37)35(18-31-26)15-3-14-34-16-12-23(13-17-34)38-25(19-4-8-21(29)9-5-19)20-6-10-22(30)11-7-20/h4-11,18,23,25H,3,12-17H2,1-2H3. The quantitative estimate of drug-likeness (QED) is 0.354. The third kappa shape index (κ3) is 5.32. The summed E-state index contributed by atoms with van der Waals surface area (Å²) in [6.45, 7) is 3.21. The fraction of sp³-hybridized carbons (Fsp3) is 0.393. The summed E-state index contributed by atoms with van der Waals surface area (Å²) in [5.74, 6) is -0.624. The summed E-state index contributed by atoms with van der Waals surface area (Å²) < 4.78 is 37.9. The average Bonchev–Trinajstić information content (AvgIpc) is 3.35. The van der Waals surface area contributed by atoms with Crippen LogP contribution in [0.1, 0.15) is 36.5 Å². The number of fused-ring (bicyclic) bond motifs is 1. The molecule has 0 spiro atoms. The van der Waals surface area contributed by atoms with E-state index in [1.165, 1.54) is 35.9 Å². The van der Waals surface area contributed by atoms with Crippen LogP contribution in [0.2, 0.25) is 0 Å². The van der Waals surface area contributed by atoms with Gasteiger partial charge in [-0.1, -0.05) is 24.3 Å². The van der Waals surface area contributed by atoms with Gasteiger partial charge in [0.25, 0.3) is 5.56 Å². The summed E-state index contributed by atoms with van der Waals surface area (Å²) in [6.07, 6.45) is 3.76. The second kappa shape index (κ2) is 11.0. The maximum atomic E-state index is 13.5. The smallest absolute Gasteiger partial charge is 0.332 e. The van der Waals surface area contributed by atoms with Crippen molar-refractivity contribution in [1.82, 2.24) is 23.6 Å². The van der Waals surface area contributed by atoms with Gasteiger partial charge in [0.1, 0.15) is 17.7 Å². The Kier molecular flexibility index (Phi) is 7.53. The predicted octanol–water partition coefficient (Wildman–Crippen LogP) is 3.37. The van der Waals surface area contributed by atoms with E-state index in [9.17, 15) is 18.4 Å². The molecule has 1 aliphatic rings. The van der Waals surface area contributed by atoms with Gasteiger partial charge in [-0.05, 0) is 61.2 Å². The highest BCUT2D eigenvalue weighted by Crippen LogP contribution is 2.30. The third-order valence-corrected chi connectivity index (χ3v) is 7.30. The van der Waals surface area contributed by atoms with Gasteiger partial charge in [0.05, 0.1) is 12.4 Å². The summed E-state index contributed by atoms with van der Waals surface area (Å²) in [5, 5.41) is 0. The van der Waals surface area contributed by atoms with Crippen LogP contribution in [-0.4, -0.2) is 49.3 Å². The Bertz CT molecular complexity index is 1470. The second-order valence-electron chi connectivity index (χ2n) is 9.83. The number of imidazole rings is 1. The van der Waals surface area contributed by atoms with Crippen LogP contribution in [0, 0.1) is 11.6 Å². The molecule has 10 heteroatoms. The Morgan fingerprint density at radius 1 is 0.895 bits per heavy atom. The number of aryl methyl sites for hydroxylation is 2. The van der Waals surface area contributed by atoms with E-state index in [1.54, 1.807) is 37.6 Å². The molecule has 8 nitrogen and oxygen atoms in total. The normalized spacial score (nSPS) is 15.1. The van der Waals surface area contributed by atoms with E-state index in [2.05, 4.69) is 9.88 Å². The maximum Gasteiger partial charge on any atom is 0.332 e. The van der Waals surface area contributed by atoms with E-state index in [0.29, 0.717) is 17.7 Å². The zero-order valence-corrected chi connectivity index (χ0v) is 21.5. The second-order valence-corrected chi connectivity index (χ2v) is 9.83. The Morgan fingerprint density at radius 3 is 2.05 bits per heavy atom. The lowest BCUT2D eigenvalue weighted by atomic mass is 10.00. The molecule has 2 aromatic heterocycles. The average molecular weight is 524 g/mol. The lowest BCUT2D eigenvalue weighted by molar-refractivity contribution is -0.0271. The van der Waals surface area contributed by atoms with Gasteiger partial charge in [0.15, 0.2) is 11.2 Å². The van der Waals surface area contributed by atoms with Crippen molar-refractivity contribution in [3.63, 3.8) is 0 Å². The number of likely N-dealkylation sites (tertiary alicyclic amines) is 1. The summed E-state index contributed by atoms with van der Waals surface area (Å²) in [6, 6.07) is 12.5. The molecule has 2 aromatic carbocycles. The van der Waals surface area contributed by atoms with Gasteiger partial charge in [-0.2, -0.15) is 0 Å². The van der Waals surface area contributed by atoms with Crippen molar-refractivity contribution in [2.45, 2.75) is 38.0 Å². The van der Waals surface area contributed by atoms with Gasteiger partial charge in [-0.3, -0.25) is 13.9 Å². The first-order chi connectivity index (χ1) is 18.3. The summed E-state index contributed by atoms with van der Waals surface area (Å²) >= 11 is 0. The minimum Gasteiger partial charge on any atom is -0.365 e. The van der Waals surface area contributed by atoms with Crippen molar-refractivity contribution in [3.8, 4) is 0 Å². The van der Waals surface area contributed by atoms with Gasteiger partial charge in [0.2, 0.25) is 0 Å². The number of hydrogen-bond acceptors (Lipinski definition) is 5. The zero-order valence-electron chi connectivity index (χ0n) is 21.5. The van der Waals surface area contributed by atoms with E-state index in [4.69, 9.17) is 4.74 Å². The first kappa shape index (κ1) is 26.0. The van der Waals surface area contributed by atoms with E-state index in [-0.39, 0.29) is 29.0 Å². The number of nitrogens with zero attached hydrogens (tertiary/aromatic N) is 5. The molecule has 1 aliphatic heterocycles. The Morgan fingerprint density at radius 2 is 1.47 bits per heavy atom. The van der Waals surface area contributed by atoms with Gasteiger partial charge >= 0.3 is 5.69 Å². The minimum absolute atomic E-state index is 0.0215. The van der Waals surface area contributed by atoms with E-state index in [1.807, 2.05) is 4.57 Å². The van der Waals surface area contributed by atoms with Crippen molar-refractivity contribution >= 4 is 11.2 Å². The molecule has 0 amide bonds. The van der Waals surface area contributed by atoms with E-state index in [0.717, 1.165) is 54.6 Å². The van der Waals surface area contributed by atoms with Gasteiger partial charge in [-0.25, -0.2) is 18.6 Å². The summed E-state index contributed by atoms with van der Waals surface area (Å²) in [7, 11) is 3.09. The number of benzene rings is 2. The van der Waals surface area contributed by atoms with Crippen molar-refractivity contribution in [1.29, 1.82) is 0 Å². The number of hydrogen-bond donors (Lipinski definition) is 0. The lowest BCUT2D eigenvalue weighted by Gasteiger charge is -2.34. The number of ether oxygens (including phenoxy) is 1. The molecule has 3 heterocycles. The van der Waals surface area contributed by atoms with Crippen molar-refractivity contribution in [3.05, 3.63) is 98.5 Å². The largest absolute Gasteiger partial charge is 0.365 e. The van der Waals surface area contributed by atoms with Crippen LogP contribution in [0.5, 0.6) is 0 Å². The van der Waals surface area contributed by atoms with Crippen LogP contribution in [0.15, 0.2) is 64.4 Å². The molecule has 0 aliphatic carbocycles. The molecule has 0 radical (unpaired) electrons. The highest BCUT2D eigenvalue weighted by atomic mass is 19.1. The van der Waals surface area contributed by atoms with Crippen molar-refractivity contribution in [2.75, 3.05) is 19.6 Å². The first-order valence-corrected chi connectivity index (χ1v) is 12.8. The molecule has 0 unspecified atom stereocenters. The highest BCUT2D eigenvalue weighted by molar-refractivity contribution is 5.69. The Hall–Kier alpha value is -3.63. The van der Waals surface area contributed by atoms with Gasteiger partial charge in [0, 0.05) is 33.7 Å². The molecule has 5 rings (SSSR count). The van der Waals surface area contributed by atoms with Crippen LogP contribution in [0.4, 0.5) is 8.78 Å². The molecule has 38 heavy (non-hydrogen) atoms. The maximum absolute atomic E-state index is 13.5. The molecular weight excluding hydrogens is 492 g/mol. The number of halogens is 2. The van der Waals surface area contributed by atoms with Crippen LogP contribution in [-0.2, 0) is 25.4 Å². The molecular formula is C28H31F2N5O3. The molecule has 0 saturated carbocycles. The fourth-order valence-corrected chi connectivity index (χ4v) is 5.12. The van der Waals surface area contributed by atoms with Crippen LogP contribution in [0.25, 0.3) is 11.2 Å². The van der Waals surface area contributed by atoms with E-state index < -0.39 is 6.10 Å². The predicted molar refractivity (Wildman–Crippen MR) is 140 cm³/mol. The number of aromatic nitrogens is 4. The molecule has 0 bridgehead atoms. The Balaban J connectivity index is 1.18. The monoisotopic (exact) mass is 523 g/mol. The molecule has 1 saturated heterocycles. The van der Waals surface area contributed by atoms with Crippen molar-refractivity contribution < 1.29 is 13.5 Å². The first-order valence-electron chi connectivity index (χ1n) is 12.8. The molecule has 4 aromatic rings. The zero-order chi connectivity index (χ0) is 26.8. The molecule has 200 valence electrons. The SMILES string of the molecule is Cn1c(=O)c2c(ncn2CCCN2CCC(OC(c3ccc(F)cc3)c3ccc(F)cc3)CC2)n(C)c1=O. The van der Waals surface area contributed by atoms with Gasteiger partial charge < -0.3 is 14.2 Å². The van der Waals surface area contributed by atoms with Crippen LogP contribution >= 0.6 is 0 Å². The summed E-state index contributed by atoms with van der Waals surface area (Å²) in [5.41, 5.74) is 1.77.